The van der Waals surface area contributed by atoms with E-state index < -0.39 is 35.4 Å². The van der Waals surface area contributed by atoms with Gasteiger partial charge in [-0.2, -0.15) is 13.2 Å². The van der Waals surface area contributed by atoms with Gasteiger partial charge >= 0.3 is 12.1 Å². The van der Waals surface area contributed by atoms with Crippen LogP contribution in [-0.2, 0) is 11.7 Å². The van der Waals surface area contributed by atoms with E-state index in [0.717, 1.165) is 25.0 Å². The van der Waals surface area contributed by atoms with Crippen molar-refractivity contribution in [2.24, 2.45) is 4.99 Å². The van der Waals surface area contributed by atoms with Crippen molar-refractivity contribution in [3.63, 3.8) is 0 Å². The molecule has 1 atom stereocenters. The first-order chi connectivity index (χ1) is 13.1. The molecular weight excluding hydrogens is 383 g/mol. The van der Waals surface area contributed by atoms with Crippen LogP contribution in [0.4, 0.5) is 22.0 Å². The molecule has 1 heterocycles. The molecule has 1 aromatic carbocycles. The fourth-order valence-corrected chi connectivity index (χ4v) is 2.77. The Kier molecular flexibility index (Phi) is 5.33. The maximum Gasteiger partial charge on any atom is 0.470 e. The molecule has 1 aromatic heterocycles. The van der Waals surface area contributed by atoms with Gasteiger partial charge in [-0.1, -0.05) is 12.1 Å². The number of halogens is 5. The minimum absolute atomic E-state index is 0.231. The van der Waals surface area contributed by atoms with Gasteiger partial charge in [0.1, 0.15) is 0 Å². The van der Waals surface area contributed by atoms with E-state index >= 15 is 0 Å². The first-order valence-electron chi connectivity index (χ1n) is 8.48. The van der Waals surface area contributed by atoms with Gasteiger partial charge in [0, 0.05) is 11.8 Å². The lowest BCUT2D eigenvalue weighted by Gasteiger charge is -2.21. The zero-order valence-electron chi connectivity index (χ0n) is 15.0. The SMILES string of the molecule is C/C=C(\C=NC(C)NC1(c2ccc(F)c(F)c2)CC1)c1nnc(C(F)(F)F)o1. The van der Waals surface area contributed by atoms with Gasteiger partial charge in [0.25, 0.3) is 0 Å². The Hall–Kier alpha value is -2.62. The summed E-state index contributed by atoms with van der Waals surface area (Å²) < 4.78 is 69.0. The molecular formula is C18H17F5N4O. The highest BCUT2D eigenvalue weighted by atomic mass is 19.4. The monoisotopic (exact) mass is 400 g/mol. The minimum Gasteiger partial charge on any atom is -0.413 e. The van der Waals surface area contributed by atoms with Crippen molar-refractivity contribution in [2.75, 3.05) is 0 Å². The van der Waals surface area contributed by atoms with Crippen LogP contribution in [-0.4, -0.2) is 22.6 Å². The lowest BCUT2D eigenvalue weighted by Crippen LogP contribution is -2.35. The fraction of sp³-hybridized carbons (Fsp3) is 0.389. The number of aliphatic imine (C=N–C) groups is 1. The molecule has 0 spiro atoms. The van der Waals surface area contributed by atoms with E-state index in [9.17, 15) is 22.0 Å². The topological polar surface area (TPSA) is 63.3 Å². The van der Waals surface area contributed by atoms with Crippen molar-refractivity contribution in [1.82, 2.24) is 15.5 Å². The number of allylic oxidation sites excluding steroid dienone is 2. The number of benzene rings is 1. The summed E-state index contributed by atoms with van der Waals surface area (Å²) in [4.78, 5) is 4.25. The third-order valence-electron chi connectivity index (χ3n) is 4.37. The largest absolute Gasteiger partial charge is 0.470 e. The number of aromatic nitrogens is 2. The number of rotatable bonds is 6. The molecule has 1 unspecified atom stereocenters. The molecule has 5 nitrogen and oxygen atoms in total. The van der Waals surface area contributed by atoms with Crippen molar-refractivity contribution in [3.05, 3.63) is 53.3 Å². The Morgan fingerprint density at radius 1 is 1.25 bits per heavy atom. The lowest BCUT2D eigenvalue weighted by molar-refractivity contribution is -0.157. The molecule has 0 saturated heterocycles. The summed E-state index contributed by atoms with van der Waals surface area (Å²) in [5.74, 6) is -3.57. The van der Waals surface area contributed by atoms with Crippen LogP contribution >= 0.6 is 0 Å². The average molecular weight is 400 g/mol. The molecule has 1 N–H and O–H groups in total. The zero-order valence-corrected chi connectivity index (χ0v) is 15.0. The zero-order chi connectivity index (χ0) is 20.5. The second-order valence-corrected chi connectivity index (χ2v) is 6.46. The second kappa shape index (κ2) is 7.42. The van der Waals surface area contributed by atoms with Crippen LogP contribution in [0.15, 0.2) is 33.7 Å². The van der Waals surface area contributed by atoms with E-state index in [1.165, 1.54) is 18.4 Å². The van der Waals surface area contributed by atoms with Gasteiger partial charge < -0.3 is 4.42 Å². The first kappa shape index (κ1) is 20.1. The van der Waals surface area contributed by atoms with Crippen molar-refractivity contribution in [3.8, 4) is 0 Å². The molecule has 1 saturated carbocycles. The molecule has 1 aliphatic carbocycles. The normalized spacial score (nSPS) is 17.9. The van der Waals surface area contributed by atoms with Crippen molar-refractivity contribution >= 4 is 11.8 Å². The number of nitrogens with one attached hydrogen (secondary N) is 1. The molecule has 1 fully saturated rings. The maximum atomic E-state index is 13.5. The molecule has 150 valence electrons. The highest BCUT2D eigenvalue weighted by Crippen LogP contribution is 2.46. The van der Waals surface area contributed by atoms with Gasteiger partial charge in [-0.05, 0) is 44.4 Å². The molecule has 0 amide bonds. The summed E-state index contributed by atoms with van der Waals surface area (Å²) in [6.07, 6.45) is -0.895. The average Bonchev–Trinajstić information content (AvgIpc) is 3.21. The number of hydrogen-bond donors (Lipinski definition) is 1. The van der Waals surface area contributed by atoms with Crippen molar-refractivity contribution < 1.29 is 26.4 Å². The van der Waals surface area contributed by atoms with Crippen molar-refractivity contribution in [2.45, 2.75) is 44.6 Å². The van der Waals surface area contributed by atoms with Crippen LogP contribution in [0.25, 0.3) is 5.57 Å². The Morgan fingerprint density at radius 2 is 1.96 bits per heavy atom. The molecule has 3 rings (SSSR count). The van der Waals surface area contributed by atoms with Gasteiger partial charge in [0.2, 0.25) is 5.89 Å². The molecule has 2 aromatic rings. The highest BCUT2D eigenvalue weighted by Gasteiger charge is 2.45. The Morgan fingerprint density at radius 3 is 2.50 bits per heavy atom. The molecule has 10 heteroatoms. The van der Waals surface area contributed by atoms with Crippen LogP contribution < -0.4 is 5.32 Å². The van der Waals surface area contributed by atoms with E-state index in [-0.39, 0.29) is 11.5 Å². The summed E-state index contributed by atoms with van der Waals surface area (Å²) >= 11 is 0. The van der Waals surface area contributed by atoms with Gasteiger partial charge in [0.05, 0.1) is 11.7 Å². The van der Waals surface area contributed by atoms with Crippen molar-refractivity contribution in [1.29, 1.82) is 0 Å². The molecule has 0 radical (unpaired) electrons. The predicted octanol–water partition coefficient (Wildman–Crippen LogP) is 4.47. The van der Waals surface area contributed by atoms with E-state index in [2.05, 4.69) is 24.9 Å². The lowest BCUT2D eigenvalue weighted by atomic mass is 10.0. The second-order valence-electron chi connectivity index (χ2n) is 6.46. The fourth-order valence-electron chi connectivity index (χ4n) is 2.77. The first-order valence-corrected chi connectivity index (χ1v) is 8.48. The van der Waals surface area contributed by atoms with Crippen LogP contribution in [0, 0.1) is 11.6 Å². The molecule has 0 aliphatic heterocycles. The summed E-state index contributed by atoms with van der Waals surface area (Å²) in [6.45, 7) is 3.33. The van der Waals surface area contributed by atoms with Gasteiger partial charge in [0.15, 0.2) is 11.6 Å². The Bertz CT molecular complexity index is 915. The standard InChI is InChI=1S/C18H17F5N4O/c1-3-11(15-26-27-16(28-15)18(21,22)23)9-24-10(2)25-17(6-7-17)12-4-5-13(19)14(20)8-12/h3-5,8-10,25H,6-7H2,1-2H3/b11-3+,24-9?. The van der Waals surface area contributed by atoms with Crippen LogP contribution in [0.5, 0.6) is 0 Å². The minimum atomic E-state index is -4.72. The highest BCUT2D eigenvalue weighted by molar-refractivity contribution is 6.07. The van der Waals surface area contributed by atoms with Gasteiger partial charge in [-0.15, -0.1) is 10.2 Å². The summed E-state index contributed by atoms with van der Waals surface area (Å²) in [6, 6.07) is 3.75. The Labute approximate surface area is 157 Å². The van der Waals surface area contributed by atoms with Gasteiger partial charge in [-0.3, -0.25) is 10.3 Å². The third kappa shape index (κ3) is 4.27. The van der Waals surface area contributed by atoms with Crippen LogP contribution in [0.2, 0.25) is 0 Å². The van der Waals surface area contributed by atoms with Crippen LogP contribution in [0.3, 0.4) is 0 Å². The quantitative estimate of drug-likeness (QED) is 0.574. The number of hydrogen-bond acceptors (Lipinski definition) is 5. The van der Waals surface area contributed by atoms with E-state index in [1.807, 2.05) is 0 Å². The van der Waals surface area contributed by atoms with E-state index in [4.69, 9.17) is 0 Å². The predicted molar refractivity (Wildman–Crippen MR) is 91.3 cm³/mol. The summed E-state index contributed by atoms with van der Waals surface area (Å²) in [7, 11) is 0. The van der Waals surface area contributed by atoms with E-state index in [0.29, 0.717) is 5.56 Å². The Balaban J connectivity index is 1.69. The van der Waals surface area contributed by atoms with E-state index in [1.54, 1.807) is 13.8 Å². The summed E-state index contributed by atoms with van der Waals surface area (Å²) in [5.41, 5.74) is 0.343. The molecule has 0 bridgehead atoms. The smallest absolute Gasteiger partial charge is 0.413 e. The summed E-state index contributed by atoms with van der Waals surface area (Å²) in [5, 5.41) is 9.60. The number of nitrogens with zero attached hydrogens (tertiary/aromatic N) is 3. The molecule has 1 aliphatic rings. The van der Waals surface area contributed by atoms with Gasteiger partial charge in [-0.25, -0.2) is 8.78 Å². The maximum absolute atomic E-state index is 13.5. The van der Waals surface area contributed by atoms with Crippen LogP contribution in [0.1, 0.15) is 44.0 Å². The third-order valence-corrected chi connectivity index (χ3v) is 4.37. The number of alkyl halides is 3. The molecule has 28 heavy (non-hydrogen) atoms.